The zero-order chi connectivity index (χ0) is 20.6. The van der Waals surface area contributed by atoms with Crippen LogP contribution in [0.3, 0.4) is 0 Å². The van der Waals surface area contributed by atoms with E-state index >= 15 is 0 Å². The van der Waals surface area contributed by atoms with Crippen molar-refractivity contribution in [2.24, 2.45) is 4.99 Å². The van der Waals surface area contributed by atoms with Crippen molar-refractivity contribution >= 4 is 47.2 Å². The third-order valence-electron chi connectivity index (χ3n) is 3.79. The highest BCUT2D eigenvalue weighted by Crippen LogP contribution is 2.29. The minimum Gasteiger partial charge on any atom is -0.356 e. The van der Waals surface area contributed by atoms with Crippen molar-refractivity contribution in [1.82, 2.24) is 20.5 Å². The Kier molecular flexibility index (Phi) is 10.4. The predicted molar refractivity (Wildman–Crippen MR) is 118 cm³/mol. The summed E-state index contributed by atoms with van der Waals surface area (Å²) in [6.07, 6.45) is -4.18. The molecule has 1 aromatic heterocycles. The van der Waals surface area contributed by atoms with Crippen LogP contribution in [0.25, 0.3) is 0 Å². The number of carbonyl (C=O) groups is 1. The number of hydrogen-bond acceptors (Lipinski definition) is 4. The lowest BCUT2D eigenvalue weighted by Crippen LogP contribution is -2.39. The van der Waals surface area contributed by atoms with Gasteiger partial charge in [-0.05, 0) is 5.56 Å². The second kappa shape index (κ2) is 12.0. The third kappa shape index (κ3) is 8.56. The molecule has 0 spiro atoms. The van der Waals surface area contributed by atoms with Gasteiger partial charge in [0.2, 0.25) is 5.91 Å². The molecule has 29 heavy (non-hydrogen) atoms. The summed E-state index contributed by atoms with van der Waals surface area (Å²) in [5, 5.41) is 7.14. The van der Waals surface area contributed by atoms with Crippen molar-refractivity contribution in [3.8, 4) is 0 Å². The summed E-state index contributed by atoms with van der Waals surface area (Å²) >= 11 is 0.925. The van der Waals surface area contributed by atoms with Crippen molar-refractivity contribution in [3.63, 3.8) is 0 Å². The first-order chi connectivity index (χ1) is 13.3. The number of aliphatic imine (C=N–C) groups is 1. The lowest BCUT2D eigenvalue weighted by molar-refractivity contribution is -0.140. The van der Waals surface area contributed by atoms with Crippen LogP contribution in [0, 0.1) is 0 Å². The Balaban J connectivity index is 0.00000420. The number of carbonyl (C=O) groups excluding carboxylic acids is 1. The molecular formula is C18H23F3IN5OS. The average Bonchev–Trinajstić information content (AvgIpc) is 3.14. The molecule has 0 saturated carbocycles. The zero-order valence-corrected chi connectivity index (χ0v) is 19.1. The molecule has 0 aliphatic carbocycles. The number of alkyl halides is 3. The molecule has 2 N–H and O–H groups in total. The Bertz CT molecular complexity index is 798. The molecule has 1 amide bonds. The fraction of sp³-hybridized carbons (Fsp3) is 0.389. The normalized spacial score (nSPS) is 11.6. The van der Waals surface area contributed by atoms with Gasteiger partial charge in [-0.2, -0.15) is 13.2 Å². The summed E-state index contributed by atoms with van der Waals surface area (Å²) in [7, 11) is 3.28. The number of hydrogen-bond donors (Lipinski definition) is 2. The topological polar surface area (TPSA) is 69.6 Å². The Morgan fingerprint density at radius 2 is 1.93 bits per heavy atom. The summed E-state index contributed by atoms with van der Waals surface area (Å²) in [5.74, 6) is 0.365. The highest BCUT2D eigenvalue weighted by atomic mass is 127. The molecule has 2 aromatic rings. The maximum absolute atomic E-state index is 12.6. The molecule has 0 radical (unpaired) electrons. The quantitative estimate of drug-likeness (QED) is 0.320. The van der Waals surface area contributed by atoms with E-state index in [1.165, 1.54) is 0 Å². The lowest BCUT2D eigenvalue weighted by Gasteiger charge is -2.18. The summed E-state index contributed by atoms with van der Waals surface area (Å²) in [5.41, 5.74) is 0.148. The minimum absolute atomic E-state index is 0. The number of nitrogens with zero attached hydrogens (tertiary/aromatic N) is 3. The van der Waals surface area contributed by atoms with Gasteiger partial charge in [0, 0.05) is 39.0 Å². The van der Waals surface area contributed by atoms with Gasteiger partial charge in [0.1, 0.15) is 5.01 Å². The molecule has 0 atom stereocenters. The molecule has 160 valence electrons. The highest BCUT2D eigenvalue weighted by Gasteiger charge is 2.33. The van der Waals surface area contributed by atoms with Crippen molar-refractivity contribution in [2.75, 3.05) is 20.6 Å². The fourth-order valence-electron chi connectivity index (χ4n) is 2.33. The number of aromatic nitrogens is 1. The van der Waals surface area contributed by atoms with E-state index in [9.17, 15) is 18.0 Å². The SMILES string of the molecule is CN=C(NCCC(=O)N(C)Cc1ccccc1)NCc1nc(C(F)(F)F)cs1.I. The van der Waals surface area contributed by atoms with Crippen LogP contribution in [0.4, 0.5) is 13.2 Å². The van der Waals surface area contributed by atoms with Gasteiger partial charge >= 0.3 is 6.18 Å². The zero-order valence-electron chi connectivity index (χ0n) is 16.0. The monoisotopic (exact) mass is 541 g/mol. The second-order valence-corrected chi connectivity index (χ2v) is 6.90. The molecule has 0 unspecified atom stereocenters. The van der Waals surface area contributed by atoms with Crippen LogP contribution in [0.1, 0.15) is 22.7 Å². The first-order valence-corrected chi connectivity index (χ1v) is 9.41. The molecule has 0 aliphatic heterocycles. The van der Waals surface area contributed by atoms with Crippen LogP contribution < -0.4 is 10.6 Å². The number of nitrogens with one attached hydrogen (secondary N) is 2. The van der Waals surface area contributed by atoms with Gasteiger partial charge in [-0.15, -0.1) is 35.3 Å². The lowest BCUT2D eigenvalue weighted by atomic mass is 10.2. The second-order valence-electron chi connectivity index (χ2n) is 5.96. The summed E-state index contributed by atoms with van der Waals surface area (Å²) < 4.78 is 37.7. The molecule has 0 aliphatic rings. The van der Waals surface area contributed by atoms with Crippen molar-refractivity contribution < 1.29 is 18.0 Å². The Morgan fingerprint density at radius 1 is 1.24 bits per heavy atom. The number of guanidine groups is 1. The van der Waals surface area contributed by atoms with Crippen LogP contribution in [0.2, 0.25) is 0 Å². The first kappa shape index (κ1) is 25.1. The number of halogens is 4. The van der Waals surface area contributed by atoms with E-state index in [0.29, 0.717) is 24.1 Å². The number of thiazole rings is 1. The molecule has 6 nitrogen and oxygen atoms in total. The Morgan fingerprint density at radius 3 is 2.52 bits per heavy atom. The predicted octanol–water partition coefficient (Wildman–Crippen LogP) is 3.49. The largest absolute Gasteiger partial charge is 0.434 e. The fourth-order valence-corrected chi connectivity index (χ4v) is 3.07. The van der Waals surface area contributed by atoms with Crippen LogP contribution in [-0.2, 0) is 24.1 Å². The minimum atomic E-state index is -4.44. The van der Waals surface area contributed by atoms with Crippen LogP contribution in [-0.4, -0.2) is 42.4 Å². The Labute approximate surface area is 188 Å². The number of benzene rings is 1. The van der Waals surface area contributed by atoms with E-state index in [-0.39, 0.29) is 42.8 Å². The van der Waals surface area contributed by atoms with Gasteiger partial charge in [0.25, 0.3) is 0 Å². The number of rotatable bonds is 7. The maximum Gasteiger partial charge on any atom is 0.434 e. The molecule has 11 heteroatoms. The molecule has 1 aromatic carbocycles. The van der Waals surface area contributed by atoms with Crippen molar-refractivity contribution in [3.05, 3.63) is 52.0 Å². The first-order valence-electron chi connectivity index (χ1n) is 8.53. The van der Waals surface area contributed by atoms with Gasteiger partial charge < -0.3 is 15.5 Å². The molecule has 1 heterocycles. The molecule has 0 fully saturated rings. The van der Waals surface area contributed by atoms with E-state index in [4.69, 9.17) is 0 Å². The van der Waals surface area contributed by atoms with E-state index in [1.807, 2.05) is 30.3 Å². The van der Waals surface area contributed by atoms with Crippen molar-refractivity contribution in [2.45, 2.75) is 25.7 Å². The van der Waals surface area contributed by atoms with Crippen LogP contribution in [0.15, 0.2) is 40.7 Å². The summed E-state index contributed by atoms with van der Waals surface area (Å²) in [6.45, 7) is 0.990. The average molecular weight is 541 g/mol. The van der Waals surface area contributed by atoms with Gasteiger partial charge in [0.05, 0.1) is 6.54 Å². The smallest absolute Gasteiger partial charge is 0.356 e. The van der Waals surface area contributed by atoms with Gasteiger partial charge in [-0.25, -0.2) is 4.98 Å². The standard InChI is InChI=1S/C18H22F3N5OS.HI/c1-22-17(24-10-15-25-14(12-28-15)18(19,20)21)23-9-8-16(27)26(2)11-13-6-4-3-5-7-13;/h3-7,12H,8-11H2,1-2H3,(H2,22,23,24);1H. The van der Waals surface area contributed by atoms with Crippen LogP contribution >= 0.6 is 35.3 Å². The number of amides is 1. The third-order valence-corrected chi connectivity index (χ3v) is 4.64. The van der Waals surface area contributed by atoms with Crippen molar-refractivity contribution in [1.29, 1.82) is 0 Å². The summed E-state index contributed by atoms with van der Waals surface area (Å²) in [4.78, 5) is 21.4. The molecule has 0 saturated heterocycles. The van der Waals surface area contributed by atoms with Crippen LogP contribution in [0.5, 0.6) is 0 Å². The van der Waals surface area contributed by atoms with E-state index in [0.717, 1.165) is 22.3 Å². The summed E-state index contributed by atoms with van der Waals surface area (Å²) in [6, 6.07) is 9.67. The molecular weight excluding hydrogens is 518 g/mol. The molecule has 0 bridgehead atoms. The van der Waals surface area contributed by atoms with Gasteiger partial charge in [-0.1, -0.05) is 30.3 Å². The van der Waals surface area contributed by atoms with E-state index < -0.39 is 11.9 Å². The van der Waals surface area contributed by atoms with E-state index in [2.05, 4.69) is 20.6 Å². The molecule has 2 rings (SSSR count). The highest BCUT2D eigenvalue weighted by molar-refractivity contribution is 14.0. The van der Waals surface area contributed by atoms with Gasteiger partial charge in [-0.3, -0.25) is 9.79 Å². The van der Waals surface area contributed by atoms with E-state index in [1.54, 1.807) is 19.0 Å². The van der Waals surface area contributed by atoms with Gasteiger partial charge in [0.15, 0.2) is 11.7 Å². The Hall–Kier alpha value is -1.89. The maximum atomic E-state index is 12.6.